The number of aryl methyl sites for hydroxylation is 1. The van der Waals surface area contributed by atoms with Crippen LogP contribution in [0.1, 0.15) is 16.1 Å². The van der Waals surface area contributed by atoms with Crippen LogP contribution in [-0.4, -0.2) is 25.1 Å². The molecule has 28 heavy (non-hydrogen) atoms. The topological polar surface area (TPSA) is 72.5 Å². The van der Waals surface area contributed by atoms with Gasteiger partial charge in [-0.05, 0) is 55.0 Å². The number of pyridine rings is 1. The van der Waals surface area contributed by atoms with Crippen molar-refractivity contribution < 1.29 is 14.3 Å². The largest absolute Gasteiger partial charge is 0.497 e. The zero-order valence-corrected chi connectivity index (χ0v) is 16.5. The zero-order valence-electron chi connectivity index (χ0n) is 15.7. The summed E-state index contributed by atoms with van der Waals surface area (Å²) in [6, 6.07) is 14.2. The SMILES string of the molecule is COc1ccc(Nc2ccnc(C(=O)Nc3ccc(Cl)cc3C)c2)c(OC)c1. The summed E-state index contributed by atoms with van der Waals surface area (Å²) in [5.41, 5.74) is 3.29. The molecular formula is C21H20ClN3O3. The highest BCUT2D eigenvalue weighted by Crippen LogP contribution is 2.31. The van der Waals surface area contributed by atoms with Gasteiger partial charge in [0.1, 0.15) is 17.2 Å². The van der Waals surface area contributed by atoms with Crippen LogP contribution in [0.15, 0.2) is 54.7 Å². The van der Waals surface area contributed by atoms with Crippen molar-refractivity contribution in [2.75, 3.05) is 24.9 Å². The van der Waals surface area contributed by atoms with Crippen LogP contribution in [0.25, 0.3) is 0 Å². The van der Waals surface area contributed by atoms with Crippen LogP contribution >= 0.6 is 11.6 Å². The fraction of sp³-hybridized carbons (Fsp3) is 0.143. The van der Waals surface area contributed by atoms with Crippen LogP contribution in [0.2, 0.25) is 5.02 Å². The second kappa shape index (κ2) is 8.63. The van der Waals surface area contributed by atoms with Crippen molar-refractivity contribution in [3.05, 3.63) is 71.0 Å². The van der Waals surface area contributed by atoms with Gasteiger partial charge in [-0.25, -0.2) is 0 Å². The molecule has 0 saturated carbocycles. The number of amides is 1. The Morgan fingerprint density at radius 2 is 1.79 bits per heavy atom. The summed E-state index contributed by atoms with van der Waals surface area (Å²) in [5, 5.41) is 6.71. The standard InChI is InChI=1S/C21H20ClN3O3/c1-13-10-14(22)4-6-17(13)25-21(26)19-11-15(8-9-23-19)24-18-7-5-16(27-2)12-20(18)28-3/h4-12H,1-3H3,(H,23,24)(H,25,26). The average Bonchev–Trinajstić information content (AvgIpc) is 2.70. The molecule has 1 heterocycles. The molecule has 0 aliphatic carbocycles. The van der Waals surface area contributed by atoms with Gasteiger partial charge >= 0.3 is 0 Å². The lowest BCUT2D eigenvalue weighted by Crippen LogP contribution is -2.14. The fourth-order valence-corrected chi connectivity index (χ4v) is 2.87. The number of rotatable bonds is 6. The van der Waals surface area contributed by atoms with Gasteiger partial charge in [0, 0.05) is 28.7 Å². The molecule has 0 aliphatic rings. The molecule has 0 spiro atoms. The second-order valence-corrected chi connectivity index (χ2v) is 6.47. The molecule has 0 atom stereocenters. The van der Waals surface area contributed by atoms with Crippen molar-refractivity contribution in [3.63, 3.8) is 0 Å². The predicted molar refractivity (Wildman–Crippen MR) is 111 cm³/mol. The van der Waals surface area contributed by atoms with Crippen molar-refractivity contribution in [2.24, 2.45) is 0 Å². The molecule has 0 aliphatic heterocycles. The monoisotopic (exact) mass is 397 g/mol. The Labute approximate surface area is 168 Å². The van der Waals surface area contributed by atoms with Crippen molar-refractivity contribution in [1.29, 1.82) is 0 Å². The zero-order chi connectivity index (χ0) is 20.1. The molecule has 0 fully saturated rings. The summed E-state index contributed by atoms with van der Waals surface area (Å²) >= 11 is 5.96. The Morgan fingerprint density at radius 1 is 1.00 bits per heavy atom. The lowest BCUT2D eigenvalue weighted by atomic mass is 10.2. The molecule has 0 bridgehead atoms. The van der Waals surface area contributed by atoms with Crippen LogP contribution in [0, 0.1) is 6.92 Å². The van der Waals surface area contributed by atoms with E-state index in [9.17, 15) is 4.79 Å². The van der Waals surface area contributed by atoms with E-state index in [1.165, 1.54) is 0 Å². The Bertz CT molecular complexity index is 1010. The van der Waals surface area contributed by atoms with Gasteiger partial charge < -0.3 is 20.1 Å². The van der Waals surface area contributed by atoms with E-state index in [0.29, 0.717) is 27.9 Å². The highest BCUT2D eigenvalue weighted by molar-refractivity contribution is 6.30. The summed E-state index contributed by atoms with van der Waals surface area (Å²) in [7, 11) is 3.18. The molecule has 6 nitrogen and oxygen atoms in total. The van der Waals surface area contributed by atoms with Crippen molar-refractivity contribution in [1.82, 2.24) is 4.98 Å². The first-order valence-electron chi connectivity index (χ1n) is 8.53. The number of aromatic nitrogens is 1. The molecule has 7 heteroatoms. The first-order chi connectivity index (χ1) is 13.5. The summed E-state index contributed by atoms with van der Waals surface area (Å²) in [4.78, 5) is 16.8. The molecule has 2 aromatic carbocycles. The Kier molecular flexibility index (Phi) is 6.01. The van der Waals surface area contributed by atoms with Crippen LogP contribution < -0.4 is 20.1 Å². The Morgan fingerprint density at radius 3 is 2.50 bits per heavy atom. The minimum absolute atomic E-state index is 0.284. The number of hydrogen-bond acceptors (Lipinski definition) is 5. The van der Waals surface area contributed by atoms with E-state index >= 15 is 0 Å². The molecule has 3 rings (SSSR count). The third-order valence-electron chi connectivity index (χ3n) is 4.12. The Balaban J connectivity index is 1.79. The van der Waals surface area contributed by atoms with Gasteiger partial charge in [-0.1, -0.05) is 11.6 Å². The molecule has 1 amide bonds. The predicted octanol–water partition coefficient (Wildman–Crippen LogP) is 5.06. The van der Waals surface area contributed by atoms with E-state index in [1.807, 2.05) is 19.1 Å². The van der Waals surface area contributed by atoms with Gasteiger partial charge in [-0.2, -0.15) is 0 Å². The Hall–Kier alpha value is -3.25. The number of anilines is 3. The minimum Gasteiger partial charge on any atom is -0.497 e. The molecule has 0 unspecified atom stereocenters. The second-order valence-electron chi connectivity index (χ2n) is 6.03. The molecule has 2 N–H and O–H groups in total. The van der Waals surface area contributed by atoms with Gasteiger partial charge in [0.05, 0.1) is 19.9 Å². The number of carbonyl (C=O) groups is 1. The lowest BCUT2D eigenvalue weighted by Gasteiger charge is -2.13. The third kappa shape index (κ3) is 4.53. The number of benzene rings is 2. The van der Waals surface area contributed by atoms with E-state index < -0.39 is 0 Å². The molecule has 0 saturated heterocycles. The number of carbonyl (C=O) groups excluding carboxylic acids is 1. The highest BCUT2D eigenvalue weighted by Gasteiger charge is 2.11. The maximum atomic E-state index is 12.6. The first-order valence-corrected chi connectivity index (χ1v) is 8.90. The van der Waals surface area contributed by atoms with Crippen LogP contribution in [0.3, 0.4) is 0 Å². The van der Waals surface area contributed by atoms with E-state index in [-0.39, 0.29) is 11.6 Å². The highest BCUT2D eigenvalue weighted by atomic mass is 35.5. The number of halogens is 1. The minimum atomic E-state index is -0.309. The molecular weight excluding hydrogens is 378 g/mol. The van der Waals surface area contributed by atoms with Gasteiger partial charge in [0.25, 0.3) is 5.91 Å². The van der Waals surface area contributed by atoms with E-state index in [0.717, 1.165) is 11.3 Å². The van der Waals surface area contributed by atoms with Gasteiger partial charge in [-0.15, -0.1) is 0 Å². The number of methoxy groups -OCH3 is 2. The first kappa shape index (κ1) is 19.5. The van der Waals surface area contributed by atoms with Crippen LogP contribution in [-0.2, 0) is 0 Å². The fourth-order valence-electron chi connectivity index (χ4n) is 2.64. The molecule has 0 radical (unpaired) electrons. The van der Waals surface area contributed by atoms with Crippen LogP contribution in [0.4, 0.5) is 17.1 Å². The summed E-state index contributed by atoms with van der Waals surface area (Å²) in [6.07, 6.45) is 1.57. The smallest absolute Gasteiger partial charge is 0.274 e. The quantitative estimate of drug-likeness (QED) is 0.608. The maximum absolute atomic E-state index is 12.6. The molecule has 3 aromatic rings. The average molecular weight is 398 g/mol. The van der Waals surface area contributed by atoms with Crippen molar-refractivity contribution in [2.45, 2.75) is 6.92 Å². The van der Waals surface area contributed by atoms with Crippen LogP contribution in [0.5, 0.6) is 11.5 Å². The number of hydrogen-bond donors (Lipinski definition) is 2. The lowest BCUT2D eigenvalue weighted by molar-refractivity contribution is 0.102. The van der Waals surface area contributed by atoms with Gasteiger partial charge in [-0.3, -0.25) is 9.78 Å². The van der Waals surface area contributed by atoms with E-state index in [4.69, 9.17) is 21.1 Å². The van der Waals surface area contributed by atoms with Crippen molar-refractivity contribution >= 4 is 34.6 Å². The van der Waals surface area contributed by atoms with Crippen molar-refractivity contribution in [3.8, 4) is 11.5 Å². The molecule has 144 valence electrons. The summed E-state index contributed by atoms with van der Waals surface area (Å²) < 4.78 is 10.6. The number of nitrogens with one attached hydrogen (secondary N) is 2. The number of ether oxygens (including phenoxy) is 2. The summed E-state index contributed by atoms with van der Waals surface area (Å²) in [6.45, 7) is 1.88. The maximum Gasteiger partial charge on any atom is 0.274 e. The third-order valence-corrected chi connectivity index (χ3v) is 4.35. The normalized spacial score (nSPS) is 10.3. The van der Waals surface area contributed by atoms with E-state index in [2.05, 4.69) is 15.6 Å². The number of nitrogens with zero attached hydrogens (tertiary/aromatic N) is 1. The molecule has 1 aromatic heterocycles. The summed E-state index contributed by atoms with van der Waals surface area (Å²) in [5.74, 6) is 1.00. The van der Waals surface area contributed by atoms with Gasteiger partial charge in [0.15, 0.2) is 0 Å². The van der Waals surface area contributed by atoms with E-state index in [1.54, 1.807) is 56.8 Å². The van der Waals surface area contributed by atoms with Gasteiger partial charge in [0.2, 0.25) is 0 Å².